The van der Waals surface area contributed by atoms with Gasteiger partial charge in [0.25, 0.3) is 0 Å². The molecule has 1 atom stereocenters. The number of alkyl halides is 4. The molecule has 0 N–H and O–H groups in total. The van der Waals surface area contributed by atoms with Gasteiger partial charge >= 0.3 is 6.18 Å². The standard InChI is InChI=1S/C14H10F5NS/c1-21-11-7-20-6-10(15)12(11)13(16)8-2-4-9(5-3-8)14(17,18)19/h2-7,13H,1H3. The molecule has 0 aliphatic carbocycles. The Morgan fingerprint density at radius 2 is 1.71 bits per heavy atom. The second kappa shape index (κ2) is 6.01. The van der Waals surface area contributed by atoms with E-state index in [0.717, 1.165) is 42.2 Å². The molecule has 0 aliphatic heterocycles. The van der Waals surface area contributed by atoms with Crippen molar-refractivity contribution in [3.8, 4) is 0 Å². The number of hydrogen-bond donors (Lipinski definition) is 0. The summed E-state index contributed by atoms with van der Waals surface area (Å²) in [6, 6.07) is 3.58. The zero-order chi connectivity index (χ0) is 15.6. The number of rotatable bonds is 3. The Kier molecular flexibility index (Phi) is 4.51. The lowest BCUT2D eigenvalue weighted by molar-refractivity contribution is -0.137. The van der Waals surface area contributed by atoms with E-state index in [1.807, 2.05) is 0 Å². The highest BCUT2D eigenvalue weighted by Crippen LogP contribution is 2.36. The Morgan fingerprint density at radius 1 is 1.10 bits per heavy atom. The van der Waals surface area contributed by atoms with Crippen molar-refractivity contribution in [1.82, 2.24) is 4.98 Å². The van der Waals surface area contributed by atoms with E-state index in [-0.39, 0.29) is 11.1 Å². The first-order valence-electron chi connectivity index (χ1n) is 5.83. The first-order valence-corrected chi connectivity index (χ1v) is 7.05. The van der Waals surface area contributed by atoms with E-state index in [9.17, 15) is 22.0 Å². The Hall–Kier alpha value is -1.63. The number of aromatic nitrogens is 1. The minimum atomic E-state index is -4.49. The molecule has 0 saturated carbocycles. The van der Waals surface area contributed by atoms with Crippen LogP contribution in [0.25, 0.3) is 0 Å². The van der Waals surface area contributed by atoms with Gasteiger partial charge < -0.3 is 0 Å². The molecule has 7 heteroatoms. The summed E-state index contributed by atoms with van der Waals surface area (Å²) in [6.07, 6.45) is -2.50. The quantitative estimate of drug-likeness (QED) is 0.582. The molecule has 2 aromatic rings. The van der Waals surface area contributed by atoms with Crippen LogP contribution in [0.4, 0.5) is 22.0 Å². The van der Waals surface area contributed by atoms with Crippen molar-refractivity contribution in [3.63, 3.8) is 0 Å². The van der Waals surface area contributed by atoms with Crippen LogP contribution in [0, 0.1) is 5.82 Å². The molecule has 21 heavy (non-hydrogen) atoms. The zero-order valence-corrected chi connectivity index (χ0v) is 11.6. The van der Waals surface area contributed by atoms with Crippen molar-refractivity contribution in [3.05, 3.63) is 59.2 Å². The molecular weight excluding hydrogens is 309 g/mol. The fraction of sp³-hybridized carbons (Fsp3) is 0.214. The number of nitrogens with zero attached hydrogens (tertiary/aromatic N) is 1. The molecule has 1 aromatic carbocycles. The molecule has 1 unspecified atom stereocenters. The van der Waals surface area contributed by atoms with Crippen molar-refractivity contribution in [2.45, 2.75) is 17.2 Å². The topological polar surface area (TPSA) is 12.9 Å². The third-order valence-corrected chi connectivity index (χ3v) is 3.67. The Morgan fingerprint density at radius 3 is 2.24 bits per heavy atom. The summed E-state index contributed by atoms with van der Waals surface area (Å²) < 4.78 is 65.6. The molecule has 0 aliphatic rings. The Bertz CT molecular complexity index is 624. The van der Waals surface area contributed by atoms with Crippen LogP contribution in [-0.4, -0.2) is 11.2 Å². The van der Waals surface area contributed by atoms with E-state index in [1.54, 1.807) is 6.26 Å². The molecule has 0 bridgehead atoms. The summed E-state index contributed by atoms with van der Waals surface area (Å²) in [5, 5.41) is 0. The smallest absolute Gasteiger partial charge is 0.260 e. The van der Waals surface area contributed by atoms with Gasteiger partial charge in [0.15, 0.2) is 6.17 Å². The summed E-state index contributed by atoms with van der Waals surface area (Å²) in [5.41, 5.74) is -1.13. The number of hydrogen-bond acceptors (Lipinski definition) is 2. The van der Waals surface area contributed by atoms with Gasteiger partial charge in [-0.25, -0.2) is 8.78 Å². The van der Waals surface area contributed by atoms with E-state index in [1.165, 1.54) is 6.20 Å². The first-order chi connectivity index (χ1) is 9.84. The highest BCUT2D eigenvalue weighted by molar-refractivity contribution is 7.98. The number of thioether (sulfide) groups is 1. The van der Waals surface area contributed by atoms with Gasteiger partial charge in [-0.2, -0.15) is 13.2 Å². The van der Waals surface area contributed by atoms with Crippen LogP contribution < -0.4 is 0 Å². The highest BCUT2D eigenvalue weighted by atomic mass is 32.2. The fourth-order valence-corrected chi connectivity index (χ4v) is 2.43. The molecule has 0 fully saturated rings. The van der Waals surface area contributed by atoms with E-state index < -0.39 is 23.7 Å². The van der Waals surface area contributed by atoms with Crippen molar-refractivity contribution in [2.24, 2.45) is 0 Å². The summed E-state index contributed by atoms with van der Waals surface area (Å²) in [4.78, 5) is 3.93. The van der Waals surface area contributed by atoms with Crippen molar-refractivity contribution in [1.29, 1.82) is 0 Å². The summed E-state index contributed by atoms with van der Waals surface area (Å²) in [7, 11) is 0. The Labute approximate surface area is 122 Å². The molecule has 1 aromatic heterocycles. The second-order valence-corrected chi connectivity index (χ2v) is 5.07. The molecule has 0 amide bonds. The van der Waals surface area contributed by atoms with E-state index in [2.05, 4.69) is 4.98 Å². The average Bonchev–Trinajstić information content (AvgIpc) is 2.45. The second-order valence-electron chi connectivity index (χ2n) is 4.22. The molecule has 1 nitrogen and oxygen atoms in total. The maximum atomic E-state index is 14.4. The zero-order valence-electron chi connectivity index (χ0n) is 10.8. The normalized spacial score (nSPS) is 13.2. The number of halogens is 5. The molecule has 1 heterocycles. The van der Waals surface area contributed by atoms with Gasteiger partial charge in [0.1, 0.15) is 5.82 Å². The van der Waals surface area contributed by atoms with Crippen molar-refractivity contribution < 1.29 is 22.0 Å². The predicted molar refractivity (Wildman–Crippen MR) is 70.4 cm³/mol. The summed E-state index contributed by atoms with van der Waals surface area (Å²) >= 11 is 1.12. The maximum Gasteiger partial charge on any atom is 0.416 e. The number of benzene rings is 1. The third-order valence-electron chi connectivity index (χ3n) is 2.91. The van der Waals surface area contributed by atoms with Crippen LogP contribution in [0.2, 0.25) is 0 Å². The van der Waals surface area contributed by atoms with Crippen LogP contribution in [0.3, 0.4) is 0 Å². The van der Waals surface area contributed by atoms with Gasteiger partial charge in [-0.3, -0.25) is 4.98 Å². The molecule has 0 spiro atoms. The van der Waals surface area contributed by atoms with Gasteiger partial charge in [0.2, 0.25) is 0 Å². The minimum absolute atomic E-state index is 0.0385. The lowest BCUT2D eigenvalue weighted by Crippen LogP contribution is -2.06. The number of pyridine rings is 1. The summed E-state index contributed by atoms with van der Waals surface area (Å²) in [6.45, 7) is 0. The van der Waals surface area contributed by atoms with Gasteiger partial charge in [0.05, 0.1) is 11.8 Å². The minimum Gasteiger partial charge on any atom is -0.260 e. The SMILES string of the molecule is CSc1cncc(F)c1C(F)c1ccc(C(F)(F)F)cc1. The maximum absolute atomic E-state index is 14.4. The monoisotopic (exact) mass is 319 g/mol. The fourth-order valence-electron chi connectivity index (χ4n) is 1.84. The predicted octanol–water partition coefficient (Wildman–Crippen LogP) is 5.02. The largest absolute Gasteiger partial charge is 0.416 e. The van der Waals surface area contributed by atoms with E-state index in [0.29, 0.717) is 4.90 Å². The lowest BCUT2D eigenvalue weighted by Gasteiger charge is -2.14. The van der Waals surface area contributed by atoms with Gasteiger partial charge in [-0.1, -0.05) is 12.1 Å². The Balaban J connectivity index is 2.39. The van der Waals surface area contributed by atoms with Crippen molar-refractivity contribution >= 4 is 11.8 Å². The van der Waals surface area contributed by atoms with Gasteiger partial charge in [0, 0.05) is 16.7 Å². The lowest BCUT2D eigenvalue weighted by atomic mass is 10.0. The molecule has 0 radical (unpaired) electrons. The van der Waals surface area contributed by atoms with Gasteiger partial charge in [-0.15, -0.1) is 11.8 Å². The van der Waals surface area contributed by atoms with Crippen molar-refractivity contribution in [2.75, 3.05) is 6.26 Å². The molecular formula is C14H10F5NS. The van der Waals surface area contributed by atoms with Gasteiger partial charge in [-0.05, 0) is 24.0 Å². The highest BCUT2D eigenvalue weighted by Gasteiger charge is 2.30. The average molecular weight is 319 g/mol. The van der Waals surface area contributed by atoms with E-state index in [4.69, 9.17) is 0 Å². The van der Waals surface area contributed by atoms with E-state index >= 15 is 0 Å². The van der Waals surface area contributed by atoms with Crippen LogP contribution in [0.5, 0.6) is 0 Å². The summed E-state index contributed by atoms with van der Waals surface area (Å²) in [5.74, 6) is -0.825. The van der Waals surface area contributed by atoms with Crippen LogP contribution >= 0.6 is 11.8 Å². The van der Waals surface area contributed by atoms with Crippen LogP contribution in [0.1, 0.15) is 22.9 Å². The van der Waals surface area contributed by atoms with Crippen LogP contribution in [-0.2, 0) is 6.18 Å². The van der Waals surface area contributed by atoms with Crippen LogP contribution in [0.15, 0.2) is 41.6 Å². The molecule has 0 saturated heterocycles. The first kappa shape index (κ1) is 15.8. The molecule has 2 rings (SSSR count). The third kappa shape index (κ3) is 3.34. The molecule has 112 valence electrons.